The Hall–Kier alpha value is -3.19. The van der Waals surface area contributed by atoms with E-state index in [9.17, 15) is 18.0 Å². The molecule has 35 heavy (non-hydrogen) atoms. The lowest BCUT2D eigenvalue weighted by Crippen LogP contribution is -2.37. The lowest BCUT2D eigenvalue weighted by molar-refractivity contribution is -0.192. The Labute approximate surface area is 202 Å². The Kier molecular flexibility index (Phi) is 7.55. The van der Waals surface area contributed by atoms with Crippen LogP contribution in [0.4, 0.5) is 18.9 Å². The van der Waals surface area contributed by atoms with Gasteiger partial charge >= 0.3 is 12.1 Å². The number of carboxylic acid groups (broad SMARTS) is 1. The van der Waals surface area contributed by atoms with Crippen molar-refractivity contribution in [2.75, 3.05) is 44.3 Å². The van der Waals surface area contributed by atoms with Gasteiger partial charge in [0.2, 0.25) is 0 Å². The zero-order valence-corrected chi connectivity index (χ0v) is 19.5. The van der Waals surface area contributed by atoms with E-state index in [-0.39, 0.29) is 5.91 Å². The number of aromatic nitrogens is 3. The number of hydrogen-bond acceptors (Lipinski definition) is 7. The van der Waals surface area contributed by atoms with E-state index in [1.165, 1.54) is 11.3 Å². The van der Waals surface area contributed by atoms with Crippen molar-refractivity contribution in [3.8, 4) is 0 Å². The van der Waals surface area contributed by atoms with Gasteiger partial charge in [-0.15, -0.1) is 11.3 Å². The number of nitrogens with zero attached hydrogens (tertiary/aromatic N) is 5. The molecule has 2 aliphatic heterocycles. The van der Waals surface area contributed by atoms with E-state index in [0.717, 1.165) is 74.3 Å². The average Bonchev–Trinajstić information content (AvgIpc) is 3.54. The molecule has 1 amide bonds. The quantitative estimate of drug-likeness (QED) is 0.576. The smallest absolute Gasteiger partial charge is 0.475 e. The number of ether oxygens (including phenoxy) is 1. The van der Waals surface area contributed by atoms with Crippen LogP contribution in [0.5, 0.6) is 0 Å². The van der Waals surface area contributed by atoms with E-state index in [2.05, 4.69) is 17.2 Å². The van der Waals surface area contributed by atoms with Gasteiger partial charge in [0.05, 0.1) is 30.0 Å². The third-order valence-corrected chi connectivity index (χ3v) is 6.69. The van der Waals surface area contributed by atoms with Crippen LogP contribution in [0.15, 0.2) is 35.8 Å². The monoisotopic (exact) mass is 511 g/mol. The predicted molar refractivity (Wildman–Crippen MR) is 122 cm³/mol. The molecule has 3 aromatic heterocycles. The molecule has 0 saturated carbocycles. The second-order valence-electron chi connectivity index (χ2n) is 8.11. The molecular weight excluding hydrogens is 487 g/mol. The van der Waals surface area contributed by atoms with Gasteiger partial charge in [0.15, 0.2) is 11.5 Å². The molecule has 188 valence electrons. The minimum Gasteiger partial charge on any atom is -0.475 e. The van der Waals surface area contributed by atoms with Crippen LogP contribution < -0.4 is 4.90 Å². The van der Waals surface area contributed by atoms with Gasteiger partial charge in [0, 0.05) is 32.1 Å². The third-order valence-electron chi connectivity index (χ3n) is 5.83. The number of alkyl halides is 3. The van der Waals surface area contributed by atoms with E-state index in [0.29, 0.717) is 5.92 Å². The molecule has 0 aromatic carbocycles. The maximum atomic E-state index is 12.5. The molecule has 13 heteroatoms. The first-order valence-electron chi connectivity index (χ1n) is 11.0. The lowest BCUT2D eigenvalue weighted by atomic mass is 9.96. The summed E-state index contributed by atoms with van der Waals surface area (Å²) in [5.41, 5.74) is 2.03. The summed E-state index contributed by atoms with van der Waals surface area (Å²) >= 11 is 1.51. The Balaban J connectivity index is 0.000000364. The summed E-state index contributed by atoms with van der Waals surface area (Å²) < 4.78 is 39.1. The van der Waals surface area contributed by atoms with Crippen molar-refractivity contribution in [1.82, 2.24) is 19.5 Å². The van der Waals surface area contributed by atoms with Crippen LogP contribution in [0.25, 0.3) is 5.65 Å². The zero-order valence-electron chi connectivity index (χ0n) is 18.6. The number of pyridine rings is 1. The van der Waals surface area contributed by atoms with Gasteiger partial charge in [-0.3, -0.25) is 4.79 Å². The van der Waals surface area contributed by atoms with Crippen molar-refractivity contribution in [1.29, 1.82) is 0 Å². The van der Waals surface area contributed by atoms with Gasteiger partial charge in [0.1, 0.15) is 0 Å². The number of anilines is 1. The zero-order chi connectivity index (χ0) is 25.0. The molecule has 0 aliphatic carbocycles. The largest absolute Gasteiger partial charge is 0.490 e. The molecule has 0 bridgehead atoms. The van der Waals surface area contributed by atoms with Gasteiger partial charge in [-0.05, 0) is 36.4 Å². The minimum atomic E-state index is -5.08. The molecule has 1 N–H and O–H groups in total. The van der Waals surface area contributed by atoms with Gasteiger partial charge in [-0.1, -0.05) is 6.07 Å². The van der Waals surface area contributed by atoms with Crippen molar-refractivity contribution in [2.45, 2.75) is 24.9 Å². The van der Waals surface area contributed by atoms with Crippen molar-refractivity contribution >= 4 is 34.5 Å². The van der Waals surface area contributed by atoms with E-state index in [1.807, 2.05) is 33.0 Å². The van der Waals surface area contributed by atoms with E-state index in [4.69, 9.17) is 24.7 Å². The maximum Gasteiger partial charge on any atom is 0.490 e. The number of rotatable bonds is 3. The number of fused-ring (bicyclic) bond motifs is 1. The van der Waals surface area contributed by atoms with Gasteiger partial charge in [-0.25, -0.2) is 14.3 Å². The number of hydrogen-bond donors (Lipinski definition) is 1. The fraction of sp³-hybridized carbons (Fsp3) is 0.455. The molecular formula is C22H24F3N5O4S. The second kappa shape index (κ2) is 10.6. The highest BCUT2D eigenvalue weighted by Gasteiger charge is 2.38. The number of carbonyl (C=O) groups excluding carboxylic acids is 1. The van der Waals surface area contributed by atoms with Crippen molar-refractivity contribution < 1.29 is 32.6 Å². The molecule has 2 aliphatic rings. The summed E-state index contributed by atoms with van der Waals surface area (Å²) in [6, 6.07) is 7.98. The lowest BCUT2D eigenvalue weighted by Gasteiger charge is -2.30. The normalized spacial score (nSPS) is 17.2. The molecule has 0 radical (unpaired) electrons. The summed E-state index contributed by atoms with van der Waals surface area (Å²) in [4.78, 5) is 31.3. The fourth-order valence-corrected chi connectivity index (χ4v) is 4.66. The van der Waals surface area contributed by atoms with E-state index in [1.54, 1.807) is 0 Å². The van der Waals surface area contributed by atoms with Crippen molar-refractivity contribution in [3.05, 3.63) is 46.5 Å². The highest BCUT2D eigenvalue weighted by atomic mass is 32.1. The summed E-state index contributed by atoms with van der Waals surface area (Å²) in [6.45, 7) is 4.87. The number of morpholine rings is 1. The number of carboxylic acids is 1. The highest BCUT2D eigenvalue weighted by Crippen LogP contribution is 2.28. The predicted octanol–water partition coefficient (Wildman–Crippen LogP) is 3.28. The minimum absolute atomic E-state index is 0.145. The summed E-state index contributed by atoms with van der Waals surface area (Å²) in [5.74, 6) is -1.42. The first-order valence-corrected chi connectivity index (χ1v) is 11.9. The van der Waals surface area contributed by atoms with Crippen LogP contribution in [0.1, 0.15) is 34.3 Å². The first kappa shape index (κ1) is 24.9. The standard InChI is InChI=1S/C20H23N5O2S.C2HF3O2/c26-20(17-2-1-13-28-17)24-7-5-15(6-8-24)19-21-18-4-3-16(14-25(18)22-19)23-9-11-27-12-10-23;3-2(4,5)1(6)7/h1-4,13-15H,5-12H2;(H,6,7). The third kappa shape index (κ3) is 6.09. The van der Waals surface area contributed by atoms with Crippen molar-refractivity contribution in [2.24, 2.45) is 0 Å². The molecule has 3 aromatic rings. The molecule has 2 fully saturated rings. The van der Waals surface area contributed by atoms with Crippen molar-refractivity contribution in [3.63, 3.8) is 0 Å². The highest BCUT2D eigenvalue weighted by molar-refractivity contribution is 7.12. The topological polar surface area (TPSA) is 100 Å². The number of carbonyl (C=O) groups is 2. The number of halogens is 3. The van der Waals surface area contributed by atoms with Crippen LogP contribution in [-0.2, 0) is 9.53 Å². The molecule has 0 atom stereocenters. The second-order valence-corrected chi connectivity index (χ2v) is 9.05. The SMILES string of the molecule is O=C(O)C(F)(F)F.O=C(c1cccs1)N1CCC(c2nc3ccc(N4CCOCC4)cn3n2)CC1. The number of thiophene rings is 1. The summed E-state index contributed by atoms with van der Waals surface area (Å²) in [6.07, 6.45) is -1.21. The average molecular weight is 512 g/mol. The Bertz CT molecular complexity index is 1150. The molecule has 5 rings (SSSR count). The number of aliphatic carboxylic acids is 1. The summed E-state index contributed by atoms with van der Waals surface area (Å²) in [7, 11) is 0. The molecule has 5 heterocycles. The molecule has 2 saturated heterocycles. The number of amides is 1. The summed E-state index contributed by atoms with van der Waals surface area (Å²) in [5, 5.41) is 13.8. The van der Waals surface area contributed by atoms with Gasteiger partial charge < -0.3 is 19.6 Å². The Morgan fingerprint density at radius 1 is 1.09 bits per heavy atom. The maximum absolute atomic E-state index is 12.5. The first-order chi connectivity index (χ1) is 16.7. The number of piperidine rings is 1. The molecule has 0 unspecified atom stereocenters. The fourth-order valence-electron chi connectivity index (χ4n) is 3.97. The molecule has 9 nitrogen and oxygen atoms in total. The van der Waals surface area contributed by atoms with Gasteiger partial charge in [0.25, 0.3) is 5.91 Å². The van der Waals surface area contributed by atoms with E-state index < -0.39 is 12.1 Å². The van der Waals surface area contributed by atoms with Crippen LogP contribution >= 0.6 is 11.3 Å². The van der Waals surface area contributed by atoms with Crippen LogP contribution in [-0.4, -0.2) is 82.1 Å². The molecule has 0 spiro atoms. The Morgan fingerprint density at radius 2 is 1.77 bits per heavy atom. The van der Waals surface area contributed by atoms with E-state index >= 15 is 0 Å². The van der Waals surface area contributed by atoms with Crippen LogP contribution in [0.2, 0.25) is 0 Å². The number of likely N-dealkylation sites (tertiary alicyclic amines) is 1. The Morgan fingerprint density at radius 3 is 2.37 bits per heavy atom. The van der Waals surface area contributed by atoms with Crippen LogP contribution in [0.3, 0.4) is 0 Å². The van der Waals surface area contributed by atoms with Crippen LogP contribution in [0, 0.1) is 0 Å². The van der Waals surface area contributed by atoms with Gasteiger partial charge in [-0.2, -0.15) is 18.3 Å².